The van der Waals surface area contributed by atoms with Crippen molar-refractivity contribution in [3.8, 4) is 0 Å². The van der Waals surface area contributed by atoms with Crippen molar-refractivity contribution in [2.24, 2.45) is 0 Å². The Kier molecular flexibility index (Phi) is 3.93. The number of anilines is 1. The number of aromatic nitrogens is 1. The van der Waals surface area contributed by atoms with Gasteiger partial charge in [0.15, 0.2) is 0 Å². The first-order chi connectivity index (χ1) is 7.45. The zero-order valence-corrected chi connectivity index (χ0v) is 8.85. The summed E-state index contributed by atoms with van der Waals surface area (Å²) in [4.78, 5) is 6.46. The predicted molar refractivity (Wildman–Crippen MR) is 60.0 cm³/mol. The molecular weight excluding hydrogens is 190 g/mol. The largest absolute Gasteiger partial charge is 0.383 e. The molecule has 2 heterocycles. The average Bonchev–Trinajstić information content (AvgIpc) is 2.32. The van der Waals surface area contributed by atoms with Crippen molar-refractivity contribution in [1.82, 2.24) is 9.88 Å². The van der Waals surface area contributed by atoms with Gasteiger partial charge in [0, 0.05) is 38.6 Å². The smallest absolute Gasteiger partial charge is 0.0594 e. The normalized spacial score (nSPS) is 17.6. The molecule has 0 bridgehead atoms. The van der Waals surface area contributed by atoms with Gasteiger partial charge in [-0.3, -0.25) is 9.88 Å². The lowest BCUT2D eigenvalue weighted by Crippen LogP contribution is -2.39. The van der Waals surface area contributed by atoms with Crippen LogP contribution in [0.25, 0.3) is 0 Å². The highest BCUT2D eigenvalue weighted by molar-refractivity contribution is 5.39. The van der Waals surface area contributed by atoms with Crippen LogP contribution in [0.15, 0.2) is 24.5 Å². The monoisotopic (exact) mass is 207 g/mol. The Morgan fingerprint density at radius 1 is 1.40 bits per heavy atom. The number of morpholine rings is 1. The van der Waals surface area contributed by atoms with Crippen molar-refractivity contribution in [3.05, 3.63) is 24.5 Å². The lowest BCUT2D eigenvalue weighted by atomic mass is 10.4. The number of ether oxygens (including phenoxy) is 1. The molecule has 0 saturated carbocycles. The van der Waals surface area contributed by atoms with E-state index in [1.165, 1.54) is 0 Å². The van der Waals surface area contributed by atoms with E-state index in [-0.39, 0.29) is 0 Å². The molecule has 1 aliphatic rings. The van der Waals surface area contributed by atoms with Crippen molar-refractivity contribution in [2.75, 3.05) is 44.7 Å². The average molecular weight is 207 g/mol. The molecule has 0 aliphatic carbocycles. The fourth-order valence-electron chi connectivity index (χ4n) is 1.65. The summed E-state index contributed by atoms with van der Waals surface area (Å²) in [7, 11) is 0. The van der Waals surface area contributed by atoms with Crippen LogP contribution in [-0.4, -0.2) is 49.3 Å². The molecule has 1 fully saturated rings. The first-order valence-electron chi connectivity index (χ1n) is 5.39. The molecule has 15 heavy (non-hydrogen) atoms. The maximum atomic E-state index is 5.29. The molecule has 4 heteroatoms. The van der Waals surface area contributed by atoms with E-state index in [0.29, 0.717) is 0 Å². The van der Waals surface area contributed by atoms with Crippen LogP contribution in [0, 0.1) is 0 Å². The van der Waals surface area contributed by atoms with Gasteiger partial charge in [-0.15, -0.1) is 0 Å². The summed E-state index contributed by atoms with van der Waals surface area (Å²) in [6, 6.07) is 3.98. The fraction of sp³-hybridized carbons (Fsp3) is 0.545. The topological polar surface area (TPSA) is 37.4 Å². The van der Waals surface area contributed by atoms with Gasteiger partial charge in [-0.1, -0.05) is 0 Å². The zero-order chi connectivity index (χ0) is 10.3. The highest BCUT2D eigenvalue weighted by atomic mass is 16.5. The molecule has 1 aliphatic heterocycles. The van der Waals surface area contributed by atoms with Gasteiger partial charge >= 0.3 is 0 Å². The number of hydrogen-bond acceptors (Lipinski definition) is 4. The quantitative estimate of drug-likeness (QED) is 0.793. The summed E-state index contributed by atoms with van der Waals surface area (Å²) in [5.74, 6) is 0. The number of rotatable bonds is 4. The third kappa shape index (κ3) is 3.49. The van der Waals surface area contributed by atoms with Gasteiger partial charge in [-0.25, -0.2) is 0 Å². The Morgan fingerprint density at radius 3 is 3.00 bits per heavy atom. The molecule has 1 aromatic heterocycles. The summed E-state index contributed by atoms with van der Waals surface area (Å²) in [5, 5.41) is 3.35. The van der Waals surface area contributed by atoms with Crippen molar-refractivity contribution < 1.29 is 4.74 Å². The minimum Gasteiger partial charge on any atom is -0.383 e. The molecule has 82 valence electrons. The molecule has 1 aromatic rings. The molecule has 0 radical (unpaired) electrons. The van der Waals surface area contributed by atoms with E-state index >= 15 is 0 Å². The molecular formula is C11H17N3O. The van der Waals surface area contributed by atoms with Crippen LogP contribution in [-0.2, 0) is 4.74 Å². The SMILES string of the molecule is c1cncc(NCCN2CCOCC2)c1. The van der Waals surface area contributed by atoms with Crippen molar-refractivity contribution in [3.63, 3.8) is 0 Å². The third-order valence-corrected chi connectivity index (χ3v) is 2.52. The van der Waals surface area contributed by atoms with Gasteiger partial charge in [0.05, 0.1) is 18.9 Å². The molecule has 0 spiro atoms. The first-order valence-corrected chi connectivity index (χ1v) is 5.39. The Hall–Kier alpha value is -1.13. The van der Waals surface area contributed by atoms with Gasteiger partial charge in [0.1, 0.15) is 0 Å². The van der Waals surface area contributed by atoms with Crippen LogP contribution in [0.2, 0.25) is 0 Å². The van der Waals surface area contributed by atoms with E-state index in [9.17, 15) is 0 Å². The second kappa shape index (κ2) is 5.68. The molecule has 1 N–H and O–H groups in total. The summed E-state index contributed by atoms with van der Waals surface area (Å²) in [6.45, 7) is 5.87. The van der Waals surface area contributed by atoms with Crippen LogP contribution >= 0.6 is 0 Å². The Bertz CT molecular complexity index is 272. The summed E-state index contributed by atoms with van der Waals surface area (Å²) in [6.07, 6.45) is 3.63. The number of pyridine rings is 1. The van der Waals surface area contributed by atoms with Gasteiger partial charge in [0.2, 0.25) is 0 Å². The minimum atomic E-state index is 0.868. The number of nitrogens with zero attached hydrogens (tertiary/aromatic N) is 2. The zero-order valence-electron chi connectivity index (χ0n) is 8.85. The Morgan fingerprint density at radius 2 is 2.27 bits per heavy atom. The molecule has 0 atom stereocenters. The van der Waals surface area contributed by atoms with Crippen LogP contribution in [0.1, 0.15) is 0 Å². The number of nitrogens with one attached hydrogen (secondary N) is 1. The molecule has 1 saturated heterocycles. The van der Waals surface area contributed by atoms with E-state index in [1.54, 1.807) is 6.20 Å². The lowest BCUT2D eigenvalue weighted by molar-refractivity contribution is 0.0398. The molecule has 0 unspecified atom stereocenters. The van der Waals surface area contributed by atoms with Crippen LogP contribution in [0.4, 0.5) is 5.69 Å². The first kappa shape index (κ1) is 10.4. The van der Waals surface area contributed by atoms with E-state index in [1.807, 2.05) is 18.3 Å². The standard InChI is InChI=1S/C11H17N3O/c1-2-11(10-12-3-1)13-4-5-14-6-8-15-9-7-14/h1-3,10,13H,4-9H2. The van der Waals surface area contributed by atoms with E-state index in [0.717, 1.165) is 45.1 Å². The van der Waals surface area contributed by atoms with E-state index in [4.69, 9.17) is 4.74 Å². The molecule has 0 aromatic carbocycles. The van der Waals surface area contributed by atoms with Crippen molar-refractivity contribution in [1.29, 1.82) is 0 Å². The predicted octanol–water partition coefficient (Wildman–Crippen LogP) is 0.826. The van der Waals surface area contributed by atoms with Gasteiger partial charge in [-0.05, 0) is 12.1 Å². The van der Waals surface area contributed by atoms with E-state index < -0.39 is 0 Å². The summed E-state index contributed by atoms with van der Waals surface area (Å²) < 4.78 is 5.29. The van der Waals surface area contributed by atoms with Crippen molar-refractivity contribution >= 4 is 5.69 Å². The molecule has 4 nitrogen and oxygen atoms in total. The van der Waals surface area contributed by atoms with Crippen LogP contribution in [0.5, 0.6) is 0 Å². The Balaban J connectivity index is 1.66. The summed E-state index contributed by atoms with van der Waals surface area (Å²) in [5.41, 5.74) is 1.09. The second-order valence-corrected chi connectivity index (χ2v) is 3.62. The third-order valence-electron chi connectivity index (χ3n) is 2.52. The van der Waals surface area contributed by atoms with Gasteiger partial charge in [0.25, 0.3) is 0 Å². The van der Waals surface area contributed by atoms with E-state index in [2.05, 4.69) is 15.2 Å². The fourth-order valence-corrected chi connectivity index (χ4v) is 1.65. The summed E-state index contributed by atoms with van der Waals surface area (Å²) >= 11 is 0. The Labute approximate surface area is 90.3 Å². The van der Waals surface area contributed by atoms with Crippen LogP contribution < -0.4 is 5.32 Å². The minimum absolute atomic E-state index is 0.868. The lowest BCUT2D eigenvalue weighted by Gasteiger charge is -2.26. The second-order valence-electron chi connectivity index (χ2n) is 3.62. The maximum absolute atomic E-state index is 5.29. The molecule has 2 rings (SSSR count). The van der Waals surface area contributed by atoms with Gasteiger partial charge in [-0.2, -0.15) is 0 Å². The number of hydrogen-bond donors (Lipinski definition) is 1. The van der Waals surface area contributed by atoms with Crippen LogP contribution in [0.3, 0.4) is 0 Å². The highest BCUT2D eigenvalue weighted by Crippen LogP contribution is 2.02. The van der Waals surface area contributed by atoms with Gasteiger partial charge < -0.3 is 10.1 Å². The maximum Gasteiger partial charge on any atom is 0.0594 e. The highest BCUT2D eigenvalue weighted by Gasteiger charge is 2.08. The molecule has 0 amide bonds. The van der Waals surface area contributed by atoms with Crippen molar-refractivity contribution in [2.45, 2.75) is 0 Å².